The van der Waals surface area contributed by atoms with Gasteiger partial charge >= 0.3 is 0 Å². The molecule has 2 saturated carbocycles. The largest absolute Gasteiger partial charge is 0.377 e. The maximum Gasteiger partial charge on any atom is 0.261 e. The average Bonchev–Trinajstić information content (AvgIpc) is 2.56. The quantitative estimate of drug-likeness (QED) is 0.914. The maximum absolute atomic E-state index is 14.6. The first kappa shape index (κ1) is 15.7. The van der Waals surface area contributed by atoms with Gasteiger partial charge in [-0.05, 0) is 44.6 Å². The lowest BCUT2D eigenvalue weighted by Crippen LogP contribution is -2.54. The summed E-state index contributed by atoms with van der Waals surface area (Å²) in [6.45, 7) is 1.13. The molecule has 1 amide bonds. The highest BCUT2D eigenvalue weighted by Gasteiger charge is 2.49. The van der Waals surface area contributed by atoms with Crippen LogP contribution in [0.2, 0.25) is 0 Å². The van der Waals surface area contributed by atoms with Crippen molar-refractivity contribution < 1.29 is 13.9 Å². The first-order chi connectivity index (χ1) is 11.7. The Kier molecular flexibility index (Phi) is 4.12. The van der Waals surface area contributed by atoms with E-state index in [1.807, 2.05) is 6.07 Å². The van der Waals surface area contributed by atoms with Crippen LogP contribution in [0.25, 0.3) is 0 Å². The molecule has 1 aromatic heterocycles. The normalized spacial score (nSPS) is 26.4. The summed E-state index contributed by atoms with van der Waals surface area (Å²) in [4.78, 5) is 23.1. The van der Waals surface area contributed by atoms with Crippen molar-refractivity contribution in [2.75, 3.05) is 25.1 Å². The van der Waals surface area contributed by atoms with E-state index in [4.69, 9.17) is 4.74 Å². The Morgan fingerprint density at radius 3 is 2.88 bits per heavy atom. The van der Waals surface area contributed by atoms with Gasteiger partial charge in [-0.1, -0.05) is 0 Å². The lowest BCUT2D eigenvalue weighted by molar-refractivity contribution is -0.159. The van der Waals surface area contributed by atoms with Gasteiger partial charge in [0.25, 0.3) is 5.91 Å². The fourth-order valence-electron chi connectivity index (χ4n) is 3.40. The van der Waals surface area contributed by atoms with E-state index in [9.17, 15) is 9.18 Å². The summed E-state index contributed by atoms with van der Waals surface area (Å²) in [7, 11) is 0. The Morgan fingerprint density at radius 2 is 2.21 bits per heavy atom. The van der Waals surface area contributed by atoms with Gasteiger partial charge in [-0.15, -0.1) is 0 Å². The number of carbonyl (C=O) groups excluding carboxylic acids is 1. The zero-order chi connectivity index (χ0) is 16.6. The summed E-state index contributed by atoms with van der Waals surface area (Å²) >= 11 is 0. The summed E-state index contributed by atoms with van der Waals surface area (Å²) in [5, 5.41) is 3.39. The van der Waals surface area contributed by atoms with E-state index in [-0.39, 0.29) is 0 Å². The number of nitrogens with one attached hydrogen (secondary N) is 1. The molecule has 1 aliphatic heterocycles. The van der Waals surface area contributed by atoms with Gasteiger partial charge in [0.1, 0.15) is 11.9 Å². The van der Waals surface area contributed by atoms with Gasteiger partial charge in [0.2, 0.25) is 0 Å². The third-order valence-electron chi connectivity index (χ3n) is 5.35. The molecule has 130 valence electrons. The molecule has 6 nitrogen and oxygen atoms in total. The number of nitrogens with zero attached hydrogens (tertiary/aromatic N) is 3. The molecule has 0 aromatic carbocycles. The molecular formula is C17H23FN4O2. The topological polar surface area (TPSA) is 67.4 Å². The minimum absolute atomic E-state index is 0.314. The Morgan fingerprint density at radius 1 is 1.38 bits per heavy atom. The number of rotatable bonds is 4. The molecule has 3 aliphatic rings. The molecule has 0 radical (unpaired) electrons. The molecule has 7 heteroatoms. The number of halogens is 1. The van der Waals surface area contributed by atoms with E-state index in [0.717, 1.165) is 25.1 Å². The minimum Gasteiger partial charge on any atom is -0.377 e. The summed E-state index contributed by atoms with van der Waals surface area (Å²) in [6, 6.07) is 1.89. The van der Waals surface area contributed by atoms with Crippen LogP contribution >= 0.6 is 0 Å². The summed E-state index contributed by atoms with van der Waals surface area (Å²) in [5.41, 5.74) is -1.70. The van der Waals surface area contributed by atoms with Crippen molar-refractivity contribution >= 4 is 11.7 Å². The van der Waals surface area contributed by atoms with Crippen LogP contribution in [0.1, 0.15) is 50.4 Å². The van der Waals surface area contributed by atoms with E-state index < -0.39 is 17.6 Å². The molecule has 1 aromatic rings. The zero-order valence-corrected chi connectivity index (χ0v) is 13.7. The highest BCUT2D eigenvalue weighted by atomic mass is 19.1. The Hall–Kier alpha value is -1.76. The van der Waals surface area contributed by atoms with Crippen LogP contribution in [-0.2, 0) is 9.53 Å². The lowest BCUT2D eigenvalue weighted by atomic mass is 9.80. The third kappa shape index (κ3) is 2.85. The molecule has 1 saturated heterocycles. The molecule has 1 unspecified atom stereocenters. The second-order valence-electron chi connectivity index (χ2n) is 6.98. The van der Waals surface area contributed by atoms with Crippen LogP contribution in [-0.4, -0.2) is 52.2 Å². The average molecular weight is 334 g/mol. The highest BCUT2D eigenvalue weighted by Crippen LogP contribution is 2.39. The summed E-state index contributed by atoms with van der Waals surface area (Å²) in [6.07, 6.45) is 6.65. The Balaban J connectivity index is 1.53. The molecule has 2 aliphatic carbocycles. The zero-order valence-electron chi connectivity index (χ0n) is 13.7. The van der Waals surface area contributed by atoms with E-state index in [1.165, 1.54) is 6.42 Å². The molecule has 1 N–H and O–H groups in total. The predicted octanol–water partition coefficient (Wildman–Crippen LogP) is 2.23. The van der Waals surface area contributed by atoms with Gasteiger partial charge in [-0.2, -0.15) is 0 Å². The second kappa shape index (κ2) is 6.27. The van der Waals surface area contributed by atoms with Crippen molar-refractivity contribution in [1.29, 1.82) is 0 Å². The first-order valence-electron chi connectivity index (χ1n) is 8.83. The molecule has 24 heavy (non-hydrogen) atoms. The lowest BCUT2D eigenvalue weighted by Gasteiger charge is -2.41. The van der Waals surface area contributed by atoms with Gasteiger partial charge in [0.05, 0.1) is 13.2 Å². The number of hydrogen-bond donors (Lipinski definition) is 1. The number of aromatic nitrogens is 2. The Bertz CT molecular complexity index is 618. The van der Waals surface area contributed by atoms with Crippen molar-refractivity contribution in [3.8, 4) is 0 Å². The van der Waals surface area contributed by atoms with Gasteiger partial charge in [-0.25, -0.2) is 14.4 Å². The van der Waals surface area contributed by atoms with Gasteiger partial charge in [0.15, 0.2) is 11.5 Å². The first-order valence-corrected chi connectivity index (χ1v) is 8.83. The van der Waals surface area contributed by atoms with Gasteiger partial charge < -0.3 is 15.0 Å². The van der Waals surface area contributed by atoms with Gasteiger partial charge in [0, 0.05) is 18.8 Å². The molecule has 0 bridgehead atoms. The number of anilines is 1. The number of hydrogen-bond acceptors (Lipinski definition) is 5. The number of amides is 1. The van der Waals surface area contributed by atoms with Gasteiger partial charge in [-0.3, -0.25) is 4.79 Å². The van der Waals surface area contributed by atoms with Crippen molar-refractivity contribution in [1.82, 2.24) is 14.9 Å². The number of morpholine rings is 1. The van der Waals surface area contributed by atoms with Crippen LogP contribution < -0.4 is 5.32 Å². The molecule has 1 atom stereocenters. The monoisotopic (exact) mass is 334 g/mol. The van der Waals surface area contributed by atoms with Crippen molar-refractivity contribution in [2.24, 2.45) is 0 Å². The number of ether oxygens (including phenoxy) is 1. The molecular weight excluding hydrogens is 311 g/mol. The van der Waals surface area contributed by atoms with Crippen molar-refractivity contribution in [2.45, 2.75) is 56.3 Å². The van der Waals surface area contributed by atoms with Crippen molar-refractivity contribution in [3.63, 3.8) is 0 Å². The van der Waals surface area contributed by atoms with E-state index in [1.54, 1.807) is 11.1 Å². The molecule has 3 fully saturated rings. The van der Waals surface area contributed by atoms with Crippen LogP contribution in [0.5, 0.6) is 0 Å². The number of carbonyl (C=O) groups is 1. The third-order valence-corrected chi connectivity index (χ3v) is 5.35. The molecule has 0 spiro atoms. The summed E-state index contributed by atoms with van der Waals surface area (Å²) < 4.78 is 20.1. The molecule has 4 rings (SSSR count). The van der Waals surface area contributed by atoms with E-state index in [2.05, 4.69) is 15.3 Å². The number of alkyl halides is 1. The fraction of sp³-hybridized carbons (Fsp3) is 0.706. The second-order valence-corrected chi connectivity index (χ2v) is 6.98. The van der Waals surface area contributed by atoms with Crippen LogP contribution in [0.3, 0.4) is 0 Å². The molecule has 2 heterocycles. The SMILES string of the molecule is O=C(N1CCOCC1c1nccc(NC2CCC2)n1)C1(F)CCC1. The van der Waals surface area contributed by atoms with E-state index in [0.29, 0.717) is 44.5 Å². The maximum atomic E-state index is 14.6. The van der Waals surface area contributed by atoms with Crippen LogP contribution in [0.4, 0.5) is 10.2 Å². The Labute approximate surface area is 140 Å². The predicted molar refractivity (Wildman–Crippen MR) is 86.3 cm³/mol. The van der Waals surface area contributed by atoms with Crippen molar-refractivity contribution in [3.05, 3.63) is 18.1 Å². The smallest absolute Gasteiger partial charge is 0.261 e. The van der Waals surface area contributed by atoms with Crippen LogP contribution in [0.15, 0.2) is 12.3 Å². The van der Waals surface area contributed by atoms with E-state index >= 15 is 0 Å². The fourth-order valence-corrected chi connectivity index (χ4v) is 3.40. The van der Waals surface area contributed by atoms with Crippen LogP contribution in [0, 0.1) is 0 Å². The summed E-state index contributed by atoms with van der Waals surface area (Å²) in [5.74, 6) is 0.861. The highest BCUT2D eigenvalue weighted by molar-refractivity contribution is 5.86. The minimum atomic E-state index is -1.70. The standard InChI is InChI=1S/C17H23FN4O2/c18-17(6-2-7-17)16(23)22-9-10-24-11-13(22)15-19-8-5-14(21-15)20-12-3-1-4-12/h5,8,12-13H,1-4,6-7,9-11H2,(H,19,20,21).